The molecule has 5 atom stereocenters. The lowest BCUT2D eigenvalue weighted by Gasteiger charge is -2.39. The van der Waals surface area contributed by atoms with Gasteiger partial charge in [-0.25, -0.2) is 0 Å². The van der Waals surface area contributed by atoms with Crippen LogP contribution < -0.4 is 5.32 Å². The fourth-order valence-corrected chi connectivity index (χ4v) is 1.41. The fourth-order valence-electron chi connectivity index (χ4n) is 1.41. The van der Waals surface area contributed by atoms with Crippen LogP contribution in [0.25, 0.3) is 0 Å². The molecule has 0 aliphatic carbocycles. The second-order valence-corrected chi connectivity index (χ2v) is 3.04. The maximum atomic E-state index is 9.45. The first kappa shape index (κ1) is 10.8. The van der Waals surface area contributed by atoms with Crippen LogP contribution in [0.4, 0.5) is 0 Å². The van der Waals surface area contributed by atoms with E-state index in [9.17, 15) is 15.3 Å². The zero-order valence-electron chi connectivity index (χ0n) is 7.29. The Balaban J connectivity index is 2.66. The van der Waals surface area contributed by atoms with E-state index in [1.54, 1.807) is 0 Å². The molecule has 5 N–H and O–H groups in total. The first-order valence-electron chi connectivity index (χ1n) is 4.09. The van der Waals surface area contributed by atoms with Gasteiger partial charge in [-0.2, -0.15) is 0 Å². The van der Waals surface area contributed by atoms with Gasteiger partial charge in [-0.1, -0.05) is 0 Å². The topological polar surface area (TPSA) is 102 Å². The van der Waals surface area contributed by atoms with Crippen LogP contribution in [0, 0.1) is 0 Å². The molecule has 78 valence electrons. The minimum atomic E-state index is -1.22. The van der Waals surface area contributed by atoms with Gasteiger partial charge in [-0.3, -0.25) is 0 Å². The summed E-state index contributed by atoms with van der Waals surface area (Å²) >= 11 is 0. The number of hydrogen-bond donors (Lipinski definition) is 5. The van der Waals surface area contributed by atoms with E-state index in [-0.39, 0.29) is 0 Å². The van der Waals surface area contributed by atoms with Crippen LogP contribution in [0.5, 0.6) is 0 Å². The molecule has 0 spiro atoms. The number of likely N-dealkylation sites (N-methyl/N-ethyl adjacent to an activating group) is 1. The smallest absolute Gasteiger partial charge is 0.173 e. The summed E-state index contributed by atoms with van der Waals surface area (Å²) < 4.78 is 4.85. The lowest BCUT2D eigenvalue weighted by atomic mass is 9.97. The first-order valence-corrected chi connectivity index (χ1v) is 4.09. The number of ether oxygens (including phenoxy) is 1. The van der Waals surface area contributed by atoms with Crippen LogP contribution in [0.3, 0.4) is 0 Å². The Bertz CT molecular complexity index is 167. The van der Waals surface area contributed by atoms with Gasteiger partial charge in [0.2, 0.25) is 0 Å². The van der Waals surface area contributed by atoms with Gasteiger partial charge in [-0.15, -0.1) is 0 Å². The Labute approximate surface area is 75.8 Å². The van der Waals surface area contributed by atoms with E-state index in [2.05, 4.69) is 5.32 Å². The number of nitrogens with one attached hydrogen (secondary N) is 1. The van der Waals surface area contributed by atoms with E-state index >= 15 is 0 Å². The average molecular weight is 193 g/mol. The van der Waals surface area contributed by atoms with Crippen molar-refractivity contribution in [1.82, 2.24) is 5.32 Å². The second-order valence-electron chi connectivity index (χ2n) is 3.04. The van der Waals surface area contributed by atoms with Gasteiger partial charge in [0, 0.05) is 0 Å². The molecular formula is C7H15NO5. The van der Waals surface area contributed by atoms with Crippen molar-refractivity contribution in [1.29, 1.82) is 0 Å². The third-order valence-corrected chi connectivity index (χ3v) is 2.23. The Morgan fingerprint density at radius 2 is 1.85 bits per heavy atom. The van der Waals surface area contributed by atoms with Gasteiger partial charge < -0.3 is 30.5 Å². The van der Waals surface area contributed by atoms with Crippen molar-refractivity contribution in [2.45, 2.75) is 30.6 Å². The summed E-state index contributed by atoms with van der Waals surface area (Å²) in [6.45, 7) is -0.439. The Kier molecular flexibility index (Phi) is 3.60. The summed E-state index contributed by atoms with van der Waals surface area (Å²) in [6, 6.07) is -0.738. The molecule has 1 heterocycles. The highest BCUT2D eigenvalue weighted by molar-refractivity contribution is 4.91. The van der Waals surface area contributed by atoms with Gasteiger partial charge in [0.25, 0.3) is 0 Å². The maximum absolute atomic E-state index is 9.45. The summed E-state index contributed by atoms with van der Waals surface area (Å²) in [5.41, 5.74) is 0. The van der Waals surface area contributed by atoms with Crippen molar-refractivity contribution in [3.05, 3.63) is 0 Å². The Morgan fingerprint density at radius 3 is 2.31 bits per heavy atom. The predicted molar refractivity (Wildman–Crippen MR) is 42.8 cm³/mol. The van der Waals surface area contributed by atoms with Crippen LogP contribution in [0.15, 0.2) is 0 Å². The quantitative estimate of drug-likeness (QED) is 0.320. The molecule has 0 aromatic carbocycles. The van der Waals surface area contributed by atoms with Crippen molar-refractivity contribution < 1.29 is 25.2 Å². The maximum Gasteiger partial charge on any atom is 0.173 e. The number of aliphatic hydroxyl groups is 4. The lowest BCUT2D eigenvalue weighted by Crippen LogP contribution is -2.62. The number of aliphatic hydroxyl groups excluding tert-OH is 4. The molecule has 0 amide bonds. The summed E-state index contributed by atoms with van der Waals surface area (Å²) in [5.74, 6) is 0. The number of hydrogen-bond acceptors (Lipinski definition) is 6. The third-order valence-electron chi connectivity index (χ3n) is 2.23. The summed E-state index contributed by atoms with van der Waals surface area (Å²) in [5, 5.41) is 39.4. The largest absolute Gasteiger partial charge is 0.394 e. The van der Waals surface area contributed by atoms with E-state index in [0.717, 1.165) is 0 Å². The molecule has 0 aromatic heterocycles. The molecule has 0 radical (unpaired) electrons. The molecule has 0 aromatic rings. The summed E-state index contributed by atoms with van der Waals surface area (Å²) in [6.07, 6.45) is -4.49. The first-order chi connectivity index (χ1) is 6.11. The Hall–Kier alpha value is -0.240. The van der Waals surface area contributed by atoms with Gasteiger partial charge in [0.15, 0.2) is 6.29 Å². The SMILES string of the molecule is CN[C@H]1C(O)OC(CO)[C@H](O)C1O. The van der Waals surface area contributed by atoms with Crippen molar-refractivity contribution in [2.24, 2.45) is 0 Å². The molecule has 1 saturated heterocycles. The fraction of sp³-hybridized carbons (Fsp3) is 1.00. The summed E-state index contributed by atoms with van der Waals surface area (Å²) in [4.78, 5) is 0. The van der Waals surface area contributed by atoms with E-state index in [1.165, 1.54) is 7.05 Å². The predicted octanol–water partition coefficient (Wildman–Crippen LogP) is -2.99. The van der Waals surface area contributed by atoms with Gasteiger partial charge in [-0.05, 0) is 7.05 Å². The average Bonchev–Trinajstić information content (AvgIpc) is 2.12. The van der Waals surface area contributed by atoms with Crippen molar-refractivity contribution in [2.75, 3.05) is 13.7 Å². The van der Waals surface area contributed by atoms with E-state index < -0.39 is 37.3 Å². The molecule has 1 aliphatic rings. The zero-order valence-corrected chi connectivity index (χ0v) is 7.29. The van der Waals surface area contributed by atoms with E-state index in [0.29, 0.717) is 0 Å². The van der Waals surface area contributed by atoms with Crippen LogP contribution in [-0.2, 0) is 4.74 Å². The molecule has 6 nitrogen and oxygen atoms in total. The van der Waals surface area contributed by atoms with Crippen molar-refractivity contribution in [3.63, 3.8) is 0 Å². The zero-order chi connectivity index (χ0) is 10.0. The van der Waals surface area contributed by atoms with Crippen LogP contribution in [-0.4, -0.2) is 64.7 Å². The van der Waals surface area contributed by atoms with Crippen molar-refractivity contribution in [3.8, 4) is 0 Å². The van der Waals surface area contributed by atoms with Gasteiger partial charge in [0.05, 0.1) is 12.6 Å². The normalized spacial score (nSPS) is 46.4. The monoisotopic (exact) mass is 193 g/mol. The molecule has 0 bridgehead atoms. The molecule has 6 heteroatoms. The van der Waals surface area contributed by atoms with E-state index in [4.69, 9.17) is 9.84 Å². The van der Waals surface area contributed by atoms with Crippen LogP contribution in [0.1, 0.15) is 0 Å². The molecule has 3 unspecified atom stereocenters. The minimum absolute atomic E-state index is 0.439. The second kappa shape index (κ2) is 4.32. The molecule has 0 saturated carbocycles. The molecular weight excluding hydrogens is 178 g/mol. The van der Waals surface area contributed by atoms with Gasteiger partial charge >= 0.3 is 0 Å². The van der Waals surface area contributed by atoms with Crippen LogP contribution in [0.2, 0.25) is 0 Å². The molecule has 1 aliphatic heterocycles. The lowest BCUT2D eigenvalue weighted by molar-refractivity contribution is -0.253. The highest BCUT2D eigenvalue weighted by Gasteiger charge is 2.42. The Morgan fingerprint density at radius 1 is 1.23 bits per heavy atom. The molecule has 1 fully saturated rings. The molecule has 1 rings (SSSR count). The summed E-state index contributed by atoms with van der Waals surface area (Å²) in [7, 11) is 1.53. The standard InChI is InChI=1S/C7H15NO5/c1-8-4-6(11)5(10)3(2-9)13-7(4)12/h3-12H,2H2,1H3/t3?,4-,5+,6?,7?/m1/s1. The minimum Gasteiger partial charge on any atom is -0.394 e. The highest BCUT2D eigenvalue weighted by Crippen LogP contribution is 2.18. The van der Waals surface area contributed by atoms with Gasteiger partial charge in [0.1, 0.15) is 18.3 Å². The number of rotatable bonds is 2. The van der Waals surface area contributed by atoms with Crippen molar-refractivity contribution >= 4 is 0 Å². The highest BCUT2D eigenvalue weighted by atomic mass is 16.6. The third kappa shape index (κ3) is 1.98. The van der Waals surface area contributed by atoms with Crippen LogP contribution >= 0.6 is 0 Å². The molecule has 13 heavy (non-hydrogen) atoms. The van der Waals surface area contributed by atoms with E-state index in [1.807, 2.05) is 0 Å².